The van der Waals surface area contributed by atoms with Gasteiger partial charge in [-0.2, -0.15) is 0 Å². The topological polar surface area (TPSA) is 55.4 Å². The molecule has 5 heteroatoms. The lowest BCUT2D eigenvalue weighted by Gasteiger charge is -2.11. The summed E-state index contributed by atoms with van der Waals surface area (Å²) in [5, 5.41) is 2.86. The third-order valence-electron chi connectivity index (χ3n) is 3.27. The Morgan fingerprint density at radius 3 is 2.55 bits per heavy atom. The van der Waals surface area contributed by atoms with Crippen molar-refractivity contribution in [1.29, 1.82) is 0 Å². The Morgan fingerprint density at radius 1 is 1.14 bits per heavy atom. The molecule has 0 radical (unpaired) electrons. The number of methoxy groups -OCH3 is 1. The molecule has 1 unspecified atom stereocenters. The molecule has 0 heterocycles. The predicted octanol–water partition coefficient (Wildman–Crippen LogP) is 2.75. The number of carbonyl (C=O) groups excluding carboxylic acids is 1. The van der Waals surface area contributed by atoms with Crippen molar-refractivity contribution >= 4 is 16.7 Å². The maximum atomic E-state index is 12.4. The van der Waals surface area contributed by atoms with Gasteiger partial charge in [0, 0.05) is 17.9 Å². The van der Waals surface area contributed by atoms with E-state index in [1.165, 1.54) is 0 Å². The molecule has 0 aliphatic carbocycles. The van der Waals surface area contributed by atoms with Crippen LogP contribution in [-0.4, -0.2) is 23.0 Å². The van der Waals surface area contributed by atoms with E-state index in [0.29, 0.717) is 22.8 Å². The number of para-hydroxylation sites is 1. The van der Waals surface area contributed by atoms with Crippen LogP contribution in [0.4, 0.5) is 0 Å². The van der Waals surface area contributed by atoms with Crippen LogP contribution in [-0.2, 0) is 17.3 Å². The minimum absolute atomic E-state index is 0.233. The first-order valence-electron chi connectivity index (χ1n) is 7.04. The molecule has 1 amide bonds. The fourth-order valence-electron chi connectivity index (χ4n) is 2.13. The van der Waals surface area contributed by atoms with Crippen LogP contribution in [0.5, 0.6) is 5.75 Å². The van der Waals surface area contributed by atoms with E-state index >= 15 is 0 Å². The fraction of sp³-hybridized carbons (Fsp3) is 0.235. The van der Waals surface area contributed by atoms with Crippen LogP contribution in [0.1, 0.15) is 22.8 Å². The number of ether oxygens (including phenoxy) is 1. The standard InChI is InChI=1S/C17H19NO3S/c1-3-22(20)16-11-7-5-9-14(16)17(19)18-12-13-8-4-6-10-15(13)21-2/h4-11H,3,12H2,1-2H3,(H,18,19). The van der Waals surface area contributed by atoms with Gasteiger partial charge in [-0.3, -0.25) is 9.00 Å². The molecule has 0 aromatic heterocycles. The Hall–Kier alpha value is -2.14. The molecule has 2 aromatic rings. The van der Waals surface area contributed by atoms with E-state index < -0.39 is 10.8 Å². The van der Waals surface area contributed by atoms with Crippen molar-refractivity contribution in [2.45, 2.75) is 18.4 Å². The quantitative estimate of drug-likeness (QED) is 0.891. The second kappa shape index (κ2) is 7.75. The zero-order valence-electron chi connectivity index (χ0n) is 12.7. The van der Waals surface area contributed by atoms with Gasteiger partial charge in [-0.1, -0.05) is 37.3 Å². The maximum Gasteiger partial charge on any atom is 0.252 e. The lowest BCUT2D eigenvalue weighted by atomic mass is 10.1. The van der Waals surface area contributed by atoms with Crippen molar-refractivity contribution in [3.05, 3.63) is 59.7 Å². The van der Waals surface area contributed by atoms with Crippen molar-refractivity contribution in [2.75, 3.05) is 12.9 Å². The molecular weight excluding hydrogens is 298 g/mol. The summed E-state index contributed by atoms with van der Waals surface area (Å²) in [5.74, 6) is 0.980. The molecule has 0 fully saturated rings. The van der Waals surface area contributed by atoms with Crippen molar-refractivity contribution in [3.63, 3.8) is 0 Å². The highest BCUT2D eigenvalue weighted by molar-refractivity contribution is 7.85. The maximum absolute atomic E-state index is 12.4. The van der Waals surface area contributed by atoms with Gasteiger partial charge >= 0.3 is 0 Å². The lowest BCUT2D eigenvalue weighted by molar-refractivity contribution is 0.0947. The van der Waals surface area contributed by atoms with Gasteiger partial charge in [0.25, 0.3) is 5.91 Å². The van der Waals surface area contributed by atoms with Crippen LogP contribution in [0.15, 0.2) is 53.4 Å². The lowest BCUT2D eigenvalue weighted by Crippen LogP contribution is -2.24. The van der Waals surface area contributed by atoms with Crippen LogP contribution in [0.25, 0.3) is 0 Å². The van der Waals surface area contributed by atoms with Gasteiger partial charge in [0.2, 0.25) is 0 Å². The van der Waals surface area contributed by atoms with Crippen LogP contribution < -0.4 is 10.1 Å². The average molecular weight is 317 g/mol. The van der Waals surface area contributed by atoms with E-state index in [-0.39, 0.29) is 5.91 Å². The number of rotatable bonds is 6. The van der Waals surface area contributed by atoms with Crippen molar-refractivity contribution < 1.29 is 13.7 Å². The van der Waals surface area contributed by atoms with E-state index in [0.717, 1.165) is 11.3 Å². The number of benzene rings is 2. The van der Waals surface area contributed by atoms with Gasteiger partial charge in [-0.15, -0.1) is 0 Å². The van der Waals surface area contributed by atoms with Crippen LogP contribution in [0.2, 0.25) is 0 Å². The van der Waals surface area contributed by atoms with Gasteiger partial charge < -0.3 is 10.1 Å². The monoisotopic (exact) mass is 317 g/mol. The first kappa shape index (κ1) is 16.2. The molecular formula is C17H19NO3S. The third-order valence-corrected chi connectivity index (χ3v) is 4.64. The van der Waals surface area contributed by atoms with Crippen molar-refractivity contribution in [1.82, 2.24) is 5.32 Å². The fourth-order valence-corrected chi connectivity index (χ4v) is 3.08. The van der Waals surface area contributed by atoms with E-state index in [1.54, 1.807) is 31.4 Å². The molecule has 22 heavy (non-hydrogen) atoms. The molecule has 0 spiro atoms. The molecule has 2 aromatic carbocycles. The van der Waals surface area contributed by atoms with Gasteiger partial charge in [0.15, 0.2) is 0 Å². The summed E-state index contributed by atoms with van der Waals surface area (Å²) in [6.45, 7) is 2.19. The molecule has 1 atom stereocenters. The summed E-state index contributed by atoms with van der Waals surface area (Å²) in [7, 11) is 0.435. The second-order valence-corrected chi connectivity index (χ2v) is 6.33. The zero-order chi connectivity index (χ0) is 15.9. The molecule has 1 N–H and O–H groups in total. The van der Waals surface area contributed by atoms with E-state index in [4.69, 9.17) is 4.74 Å². The third kappa shape index (κ3) is 3.74. The Morgan fingerprint density at radius 2 is 1.82 bits per heavy atom. The predicted molar refractivity (Wildman–Crippen MR) is 87.6 cm³/mol. The Bertz CT molecular complexity index is 685. The van der Waals surface area contributed by atoms with Crippen LogP contribution in [0, 0.1) is 0 Å². The Labute approximate surface area is 133 Å². The highest BCUT2D eigenvalue weighted by atomic mass is 32.2. The molecule has 0 aliphatic heterocycles. The smallest absolute Gasteiger partial charge is 0.252 e. The van der Waals surface area contributed by atoms with Gasteiger partial charge in [-0.05, 0) is 18.2 Å². The SMILES string of the molecule is CCS(=O)c1ccccc1C(=O)NCc1ccccc1OC. The number of nitrogens with one attached hydrogen (secondary N) is 1. The van der Waals surface area contributed by atoms with E-state index in [2.05, 4.69) is 5.32 Å². The molecule has 0 saturated carbocycles. The number of hydrogen-bond acceptors (Lipinski definition) is 3. The summed E-state index contributed by atoms with van der Waals surface area (Å²) in [4.78, 5) is 12.9. The second-order valence-electron chi connectivity index (χ2n) is 4.62. The van der Waals surface area contributed by atoms with Crippen LogP contribution in [0.3, 0.4) is 0 Å². The largest absolute Gasteiger partial charge is 0.496 e. The molecule has 116 valence electrons. The molecule has 4 nitrogen and oxygen atoms in total. The normalized spacial score (nSPS) is 11.7. The average Bonchev–Trinajstić information content (AvgIpc) is 2.59. The Balaban J connectivity index is 2.15. The van der Waals surface area contributed by atoms with Crippen molar-refractivity contribution in [3.8, 4) is 5.75 Å². The van der Waals surface area contributed by atoms with Gasteiger partial charge in [0.1, 0.15) is 5.75 Å². The molecule has 2 rings (SSSR count). The minimum Gasteiger partial charge on any atom is -0.496 e. The number of hydrogen-bond donors (Lipinski definition) is 1. The summed E-state index contributed by atoms with van der Waals surface area (Å²) in [5.41, 5.74) is 1.35. The molecule has 0 saturated heterocycles. The number of amides is 1. The van der Waals surface area contributed by atoms with Crippen molar-refractivity contribution in [2.24, 2.45) is 0 Å². The van der Waals surface area contributed by atoms with E-state index in [1.807, 2.05) is 31.2 Å². The number of carbonyl (C=O) groups is 1. The Kier molecular flexibility index (Phi) is 5.72. The van der Waals surface area contributed by atoms with Crippen LogP contribution >= 0.6 is 0 Å². The summed E-state index contributed by atoms with van der Waals surface area (Å²) < 4.78 is 17.3. The first-order valence-corrected chi connectivity index (χ1v) is 8.36. The summed E-state index contributed by atoms with van der Waals surface area (Å²) in [6, 6.07) is 14.5. The zero-order valence-corrected chi connectivity index (χ0v) is 13.5. The molecule has 0 bridgehead atoms. The highest BCUT2D eigenvalue weighted by Gasteiger charge is 2.14. The van der Waals surface area contributed by atoms with Gasteiger partial charge in [0.05, 0.1) is 28.4 Å². The summed E-state index contributed by atoms with van der Waals surface area (Å²) >= 11 is 0. The first-order chi connectivity index (χ1) is 10.7. The summed E-state index contributed by atoms with van der Waals surface area (Å²) in [6.07, 6.45) is 0. The highest BCUT2D eigenvalue weighted by Crippen LogP contribution is 2.18. The van der Waals surface area contributed by atoms with E-state index in [9.17, 15) is 9.00 Å². The molecule has 0 aliphatic rings. The minimum atomic E-state index is -1.16. The van der Waals surface area contributed by atoms with Gasteiger partial charge in [-0.25, -0.2) is 0 Å².